The highest BCUT2D eigenvalue weighted by Gasteiger charge is 2.26. The molecule has 4 aromatic rings. The van der Waals surface area contributed by atoms with E-state index in [0.29, 0.717) is 53.6 Å². The Balaban J connectivity index is 1.79. The molecule has 0 atom stereocenters. The molecule has 0 N–H and O–H groups in total. The fourth-order valence-corrected chi connectivity index (χ4v) is 10.7. The lowest BCUT2D eigenvalue weighted by Gasteiger charge is -2.16. The van der Waals surface area contributed by atoms with E-state index in [1.165, 1.54) is 12.1 Å². The van der Waals surface area contributed by atoms with Crippen molar-refractivity contribution >= 4 is 107 Å². The SMILES string of the molecule is O=S(=O)(c1ccc(Cl)cc1CBr)c1ccc(-c2ccc(S(=O)(=O)c3ccc(Cl)cc3CBr)c(CBr)c2)cc1CBr. The van der Waals surface area contributed by atoms with Crippen LogP contribution in [0.25, 0.3) is 11.1 Å². The fraction of sp³-hybridized carbons (Fsp3) is 0.143. The van der Waals surface area contributed by atoms with Gasteiger partial charge in [-0.1, -0.05) is 99.1 Å². The largest absolute Gasteiger partial charge is 0.218 e. The Morgan fingerprint density at radius 2 is 0.725 bits per heavy atom. The third kappa shape index (κ3) is 6.44. The highest BCUT2D eigenvalue weighted by molar-refractivity contribution is 9.09. The van der Waals surface area contributed by atoms with Gasteiger partial charge in [0.1, 0.15) is 0 Å². The van der Waals surface area contributed by atoms with Crippen LogP contribution in [0.5, 0.6) is 0 Å². The number of sulfone groups is 2. The van der Waals surface area contributed by atoms with Crippen molar-refractivity contribution in [2.24, 2.45) is 0 Å². The molecule has 0 radical (unpaired) electrons. The average molecular weight is 875 g/mol. The molecule has 0 aliphatic rings. The predicted octanol–water partition coefficient (Wildman–Crippen LogP) is 9.91. The van der Waals surface area contributed by atoms with Crippen molar-refractivity contribution in [2.75, 3.05) is 0 Å². The van der Waals surface area contributed by atoms with E-state index in [9.17, 15) is 16.8 Å². The van der Waals surface area contributed by atoms with Crippen LogP contribution < -0.4 is 0 Å². The summed E-state index contributed by atoms with van der Waals surface area (Å²) in [6.45, 7) is 0. The number of hydrogen-bond acceptors (Lipinski definition) is 4. The summed E-state index contributed by atoms with van der Waals surface area (Å²) < 4.78 is 54.6. The van der Waals surface area contributed by atoms with Gasteiger partial charge in [-0.2, -0.15) is 0 Å². The summed E-state index contributed by atoms with van der Waals surface area (Å²) in [5.41, 5.74) is 3.80. The van der Waals surface area contributed by atoms with Crippen LogP contribution in [-0.2, 0) is 41.0 Å². The summed E-state index contributed by atoms with van der Waals surface area (Å²) in [7, 11) is -7.68. The Kier molecular flexibility index (Phi) is 10.7. The quantitative estimate of drug-likeness (QED) is 0.157. The molecular weight excluding hydrogens is 855 g/mol. The predicted molar refractivity (Wildman–Crippen MR) is 176 cm³/mol. The van der Waals surface area contributed by atoms with Crippen LogP contribution in [0, 0.1) is 0 Å². The Morgan fingerprint density at radius 1 is 0.450 bits per heavy atom. The third-order valence-electron chi connectivity index (χ3n) is 6.23. The molecular formula is C28H20Br4Cl2O4S2. The molecule has 0 spiro atoms. The highest BCUT2D eigenvalue weighted by atomic mass is 79.9. The molecule has 210 valence electrons. The second-order valence-corrected chi connectivity index (χ2v) is 15.6. The molecule has 0 heterocycles. The van der Waals surface area contributed by atoms with Gasteiger partial charge in [0.05, 0.1) is 19.6 Å². The average Bonchev–Trinajstić information content (AvgIpc) is 2.95. The molecule has 0 aromatic heterocycles. The van der Waals surface area contributed by atoms with Gasteiger partial charge in [0.15, 0.2) is 0 Å². The summed E-state index contributed by atoms with van der Waals surface area (Å²) in [5, 5.41) is 2.18. The van der Waals surface area contributed by atoms with Gasteiger partial charge in [0.2, 0.25) is 19.7 Å². The number of hydrogen-bond donors (Lipinski definition) is 0. The Morgan fingerprint density at radius 3 is 1.02 bits per heavy atom. The second-order valence-electron chi connectivity index (χ2n) is 8.69. The number of rotatable bonds is 9. The van der Waals surface area contributed by atoms with Crippen molar-refractivity contribution in [2.45, 2.75) is 40.9 Å². The lowest BCUT2D eigenvalue weighted by molar-refractivity contribution is 0.593. The van der Waals surface area contributed by atoms with Gasteiger partial charge in [-0.05, 0) is 94.0 Å². The van der Waals surface area contributed by atoms with E-state index in [1.807, 2.05) is 0 Å². The van der Waals surface area contributed by atoms with Crippen molar-refractivity contribution in [1.82, 2.24) is 0 Å². The molecule has 4 rings (SSSR count). The van der Waals surface area contributed by atoms with Gasteiger partial charge in [0.25, 0.3) is 0 Å². The van der Waals surface area contributed by atoms with Crippen LogP contribution in [0.15, 0.2) is 92.4 Å². The minimum Gasteiger partial charge on any atom is -0.218 e. The van der Waals surface area contributed by atoms with Gasteiger partial charge in [-0.3, -0.25) is 0 Å². The van der Waals surface area contributed by atoms with Gasteiger partial charge in [-0.15, -0.1) is 0 Å². The molecule has 0 amide bonds. The number of alkyl halides is 4. The zero-order valence-electron chi connectivity index (χ0n) is 20.5. The Labute approximate surface area is 277 Å². The van der Waals surface area contributed by atoms with Crippen molar-refractivity contribution in [3.63, 3.8) is 0 Å². The topological polar surface area (TPSA) is 68.3 Å². The molecule has 4 aromatic carbocycles. The fourth-order valence-electron chi connectivity index (χ4n) is 4.32. The molecule has 4 nitrogen and oxygen atoms in total. The highest BCUT2D eigenvalue weighted by Crippen LogP contribution is 2.36. The zero-order chi connectivity index (χ0) is 29.2. The van der Waals surface area contributed by atoms with Crippen LogP contribution in [0.4, 0.5) is 0 Å². The first-order valence-electron chi connectivity index (χ1n) is 11.5. The first kappa shape index (κ1) is 32.2. The van der Waals surface area contributed by atoms with Crippen LogP contribution >= 0.6 is 86.9 Å². The summed E-state index contributed by atoms with van der Waals surface area (Å²) in [4.78, 5) is 0.736. The normalized spacial score (nSPS) is 12.1. The lowest BCUT2D eigenvalue weighted by Crippen LogP contribution is -2.08. The molecule has 0 unspecified atom stereocenters. The third-order valence-corrected chi connectivity index (χ3v) is 13.0. The van der Waals surface area contributed by atoms with Crippen molar-refractivity contribution < 1.29 is 16.8 Å². The maximum Gasteiger partial charge on any atom is 0.207 e. The van der Waals surface area contributed by atoms with E-state index in [0.717, 1.165) is 11.1 Å². The molecule has 0 aliphatic heterocycles. The first-order valence-corrected chi connectivity index (χ1v) is 19.8. The molecule has 0 bridgehead atoms. The molecule has 0 fully saturated rings. The zero-order valence-corrected chi connectivity index (χ0v) is 30.0. The maximum absolute atomic E-state index is 13.6. The van der Waals surface area contributed by atoms with E-state index in [2.05, 4.69) is 63.7 Å². The molecule has 0 saturated heterocycles. The van der Waals surface area contributed by atoms with Gasteiger partial charge in [-0.25, -0.2) is 16.8 Å². The van der Waals surface area contributed by atoms with Crippen LogP contribution in [0.2, 0.25) is 10.0 Å². The van der Waals surface area contributed by atoms with Crippen molar-refractivity contribution in [3.05, 3.63) is 105 Å². The van der Waals surface area contributed by atoms with E-state index in [1.54, 1.807) is 60.7 Å². The summed E-state index contributed by atoms with van der Waals surface area (Å²) >= 11 is 25.8. The number of benzene rings is 4. The summed E-state index contributed by atoms with van der Waals surface area (Å²) in [6, 6.07) is 19.7. The van der Waals surface area contributed by atoms with Gasteiger partial charge in [0, 0.05) is 31.4 Å². The smallest absolute Gasteiger partial charge is 0.207 e. The Hall–Kier alpha value is -0.720. The van der Waals surface area contributed by atoms with Gasteiger partial charge < -0.3 is 0 Å². The van der Waals surface area contributed by atoms with E-state index in [4.69, 9.17) is 23.2 Å². The molecule has 0 saturated carbocycles. The summed E-state index contributed by atoms with van der Waals surface area (Å²) in [6.07, 6.45) is 0. The van der Waals surface area contributed by atoms with Crippen LogP contribution in [-0.4, -0.2) is 16.8 Å². The van der Waals surface area contributed by atoms with Crippen LogP contribution in [0.1, 0.15) is 22.3 Å². The minimum absolute atomic E-state index is 0.183. The van der Waals surface area contributed by atoms with E-state index >= 15 is 0 Å². The molecule has 12 heteroatoms. The molecule has 0 aliphatic carbocycles. The maximum atomic E-state index is 13.6. The van der Waals surface area contributed by atoms with Crippen molar-refractivity contribution in [1.29, 1.82) is 0 Å². The first-order chi connectivity index (χ1) is 19.0. The van der Waals surface area contributed by atoms with Crippen molar-refractivity contribution in [3.8, 4) is 11.1 Å². The standard InChI is InChI=1S/C28H20Br4Cl2O4S2/c29-13-19-9-17(1-5-25(19)39(35,36)27-7-3-23(33)11-21(27)15-31)18-2-6-26(20(10-18)14-30)40(37,38)28-8-4-24(34)12-22(28)16-32/h1-12H,13-16H2. The summed E-state index contributed by atoms with van der Waals surface area (Å²) in [5.74, 6) is 0. The van der Waals surface area contributed by atoms with Crippen LogP contribution in [0.3, 0.4) is 0 Å². The second kappa shape index (κ2) is 13.3. The number of halogens is 6. The molecule has 40 heavy (non-hydrogen) atoms. The monoisotopic (exact) mass is 870 g/mol. The Bertz CT molecular complexity index is 1680. The van der Waals surface area contributed by atoms with Gasteiger partial charge >= 0.3 is 0 Å². The van der Waals surface area contributed by atoms with E-state index in [-0.39, 0.29) is 19.6 Å². The lowest BCUT2D eigenvalue weighted by atomic mass is 10.0. The minimum atomic E-state index is -3.84. The van der Waals surface area contributed by atoms with E-state index < -0.39 is 19.7 Å².